The molecule has 22 nitrogen and oxygen atoms in total. The first-order chi connectivity index (χ1) is 35.4. The van der Waals surface area contributed by atoms with Crippen molar-refractivity contribution in [3.63, 3.8) is 0 Å². The van der Waals surface area contributed by atoms with Gasteiger partial charge in [-0.25, -0.2) is 16.8 Å². The van der Waals surface area contributed by atoms with Gasteiger partial charge in [-0.15, -0.1) is 0 Å². The first-order valence-electron chi connectivity index (χ1n) is 27.3. The van der Waals surface area contributed by atoms with E-state index in [-0.39, 0.29) is 144 Å². The molecule has 0 aromatic rings. The van der Waals surface area contributed by atoms with Crippen LogP contribution in [0.4, 0.5) is 0 Å². The third-order valence-electron chi connectivity index (χ3n) is 14.8. The van der Waals surface area contributed by atoms with Crippen molar-refractivity contribution in [2.75, 3.05) is 0 Å². The van der Waals surface area contributed by atoms with Gasteiger partial charge in [-0.1, -0.05) is 219 Å². The topological polar surface area (TPSA) is 430 Å². The van der Waals surface area contributed by atoms with Gasteiger partial charge in [0.1, 0.15) is 29.7 Å². The Morgan fingerprint density at radius 3 is 0.625 bits per heavy atom. The SMILES string of the molecule is CCCCCCCCCCCCCCCCCCC(C(=O)[O-])(C(C(N)=O)C(C)(C(=O)O)C(=O)O)S(=O)(=O)[O-].CCCCCCCCCCCCCCCCCCC(C(=O)[O-])(C(C(N)=O)C(C)(C(=O)O)C(=O)O)S(=O)(=O)[O-].[Na+].[Na+].[Na+].[Na+]. The first kappa shape index (κ1) is 90.8. The summed E-state index contributed by atoms with van der Waals surface area (Å²) in [4.78, 5) is 95.2. The fraction of sp³-hybridized carbons (Fsp3) is 0.846. The maximum Gasteiger partial charge on any atom is 1.00 e. The molecule has 0 bridgehead atoms. The fourth-order valence-corrected chi connectivity index (χ4v) is 12.5. The molecule has 0 saturated carbocycles. The molecule has 0 aliphatic heterocycles. The summed E-state index contributed by atoms with van der Waals surface area (Å²) in [6.07, 6.45) is 29.7. The molecular weight excluding hydrogens is 1130 g/mol. The van der Waals surface area contributed by atoms with E-state index in [9.17, 15) is 94.9 Å². The molecule has 444 valence electrons. The van der Waals surface area contributed by atoms with Crippen LogP contribution in [-0.2, 0) is 58.6 Å². The van der Waals surface area contributed by atoms with E-state index in [0.29, 0.717) is 26.7 Å². The molecule has 0 radical (unpaired) electrons. The second-order valence-electron chi connectivity index (χ2n) is 20.7. The average Bonchev–Trinajstić information content (AvgIpc) is 3.31. The minimum absolute atomic E-state index is 0. The summed E-state index contributed by atoms with van der Waals surface area (Å²) in [7, 11) is -12.0. The van der Waals surface area contributed by atoms with Crippen LogP contribution in [0.5, 0.6) is 0 Å². The number of hydrogen-bond donors (Lipinski definition) is 6. The van der Waals surface area contributed by atoms with Crippen LogP contribution in [0.15, 0.2) is 0 Å². The van der Waals surface area contributed by atoms with Gasteiger partial charge in [-0.05, 0) is 26.7 Å². The molecule has 0 fully saturated rings. The zero-order chi connectivity index (χ0) is 58.8. The summed E-state index contributed by atoms with van der Waals surface area (Å²) in [5, 5.41) is 61.8. The van der Waals surface area contributed by atoms with Gasteiger partial charge in [0, 0.05) is 0 Å². The van der Waals surface area contributed by atoms with E-state index >= 15 is 0 Å². The molecule has 4 atom stereocenters. The van der Waals surface area contributed by atoms with Crippen LogP contribution >= 0.6 is 0 Å². The number of carbonyl (C=O) groups excluding carboxylic acids is 4. The van der Waals surface area contributed by atoms with E-state index < -0.39 is 113 Å². The van der Waals surface area contributed by atoms with Gasteiger partial charge < -0.3 is 60.8 Å². The number of nitrogens with two attached hydrogens (primary N) is 2. The Morgan fingerprint density at radius 1 is 0.362 bits per heavy atom. The molecule has 2 amide bonds. The van der Waals surface area contributed by atoms with Gasteiger partial charge in [0.05, 0.1) is 23.8 Å². The Kier molecular flexibility index (Phi) is 54.1. The van der Waals surface area contributed by atoms with E-state index in [1.807, 2.05) is 0 Å². The van der Waals surface area contributed by atoms with E-state index in [1.165, 1.54) is 103 Å². The number of amides is 2. The van der Waals surface area contributed by atoms with Crippen LogP contribution in [0.1, 0.15) is 246 Å². The Bertz CT molecular complexity index is 1880. The molecule has 0 saturated heterocycles. The molecule has 0 aromatic heterocycles. The van der Waals surface area contributed by atoms with Gasteiger partial charge >= 0.3 is 142 Å². The van der Waals surface area contributed by atoms with Crippen molar-refractivity contribution in [2.45, 2.75) is 255 Å². The zero-order valence-corrected chi connectivity index (χ0v) is 59.1. The van der Waals surface area contributed by atoms with Crippen LogP contribution in [0.3, 0.4) is 0 Å². The normalized spacial score (nSPS) is 13.8. The first-order valence-corrected chi connectivity index (χ1v) is 30.1. The smallest absolute Gasteiger partial charge is 0.747 e. The Hall–Kier alpha value is -0.420. The van der Waals surface area contributed by atoms with Crippen molar-refractivity contribution in [1.29, 1.82) is 0 Å². The van der Waals surface area contributed by atoms with Crippen molar-refractivity contribution in [3.05, 3.63) is 0 Å². The molecule has 0 heterocycles. The monoisotopic (exact) mass is 1220 g/mol. The third kappa shape index (κ3) is 29.8. The number of unbranched alkanes of at least 4 members (excludes halogenated alkanes) is 30. The van der Waals surface area contributed by atoms with Crippen LogP contribution in [0, 0.1) is 22.7 Å². The molecular formula is C52H90N2Na4O20S2. The number of rotatable bonds is 48. The Morgan fingerprint density at radius 2 is 0.512 bits per heavy atom. The molecule has 4 unspecified atom stereocenters. The summed E-state index contributed by atoms with van der Waals surface area (Å²) < 4.78 is 65.6. The van der Waals surface area contributed by atoms with Gasteiger partial charge in [0.25, 0.3) is 0 Å². The van der Waals surface area contributed by atoms with Gasteiger partial charge in [-0.2, -0.15) is 0 Å². The average molecular weight is 1220 g/mol. The van der Waals surface area contributed by atoms with Crippen molar-refractivity contribution < 1.29 is 213 Å². The zero-order valence-electron chi connectivity index (χ0n) is 49.5. The standard InChI is InChI=1S/2C26H47NO10S.4Na/c2*1-3-4-5-6-7-8-9-10-11-12-13-14-15-16-17-18-19-26(24(33)34,38(35,36)37)20(21(27)28)25(2,22(29)30)23(31)32;;;;/h2*20H,3-19H2,1-2H3,(H2,27,28)(H,29,30)(H,31,32)(H,33,34)(H,35,36,37);;;;/q;;4*+1/p-4. The van der Waals surface area contributed by atoms with E-state index in [0.717, 1.165) is 64.2 Å². The molecule has 0 rings (SSSR count). The second-order valence-corrected chi connectivity index (χ2v) is 23.9. The predicted molar refractivity (Wildman–Crippen MR) is 275 cm³/mol. The van der Waals surface area contributed by atoms with Crippen molar-refractivity contribution in [2.24, 2.45) is 34.1 Å². The predicted octanol–water partition coefficient (Wildman–Crippen LogP) is -6.09. The minimum atomic E-state index is -5.98. The molecule has 28 heteroatoms. The molecule has 0 aliphatic rings. The van der Waals surface area contributed by atoms with Crippen LogP contribution in [0.25, 0.3) is 0 Å². The summed E-state index contributed by atoms with van der Waals surface area (Å²) in [5.41, 5.74) is 3.65. The third-order valence-corrected chi connectivity index (χ3v) is 17.8. The molecule has 0 aliphatic carbocycles. The summed E-state index contributed by atoms with van der Waals surface area (Å²) in [6.45, 7) is 5.30. The molecule has 0 spiro atoms. The number of carbonyl (C=O) groups is 8. The van der Waals surface area contributed by atoms with Crippen LogP contribution < -0.4 is 140 Å². The Balaban J connectivity index is -0.000000326. The van der Waals surface area contributed by atoms with E-state index in [4.69, 9.17) is 11.5 Å². The van der Waals surface area contributed by atoms with Gasteiger partial charge in [-0.3, -0.25) is 28.8 Å². The quantitative estimate of drug-likeness (QED) is 0.0143. The van der Waals surface area contributed by atoms with Gasteiger partial charge in [0.2, 0.25) is 11.8 Å². The maximum absolute atomic E-state index is 12.2. The number of carboxylic acids is 6. The molecule has 80 heavy (non-hydrogen) atoms. The second kappa shape index (κ2) is 47.7. The van der Waals surface area contributed by atoms with Crippen molar-refractivity contribution >= 4 is 67.9 Å². The van der Waals surface area contributed by atoms with Crippen molar-refractivity contribution in [3.8, 4) is 0 Å². The molecule has 0 aromatic carbocycles. The summed E-state index contributed by atoms with van der Waals surface area (Å²) in [5.74, 6) is -23.4. The Labute approximate surface area is 564 Å². The number of primary amides is 2. The summed E-state index contributed by atoms with van der Waals surface area (Å²) in [6, 6.07) is 0. The minimum Gasteiger partial charge on any atom is -0.747 e. The van der Waals surface area contributed by atoms with Crippen molar-refractivity contribution in [1.82, 2.24) is 0 Å². The van der Waals surface area contributed by atoms with E-state index in [1.54, 1.807) is 0 Å². The number of carboxylic acid groups (broad SMARTS) is 6. The maximum atomic E-state index is 12.2. The van der Waals surface area contributed by atoms with Crippen LogP contribution in [-0.4, -0.2) is 103 Å². The number of hydrogen-bond acceptors (Lipinski definition) is 16. The van der Waals surface area contributed by atoms with Gasteiger partial charge in [0.15, 0.2) is 10.8 Å². The number of aliphatic carboxylic acids is 6. The largest absolute Gasteiger partial charge is 1.00 e. The summed E-state index contributed by atoms with van der Waals surface area (Å²) >= 11 is 0. The molecule has 8 N–H and O–H groups in total. The fourth-order valence-electron chi connectivity index (χ4n) is 9.98. The van der Waals surface area contributed by atoms with E-state index in [2.05, 4.69) is 13.8 Å². The van der Waals surface area contributed by atoms with Crippen LogP contribution in [0.2, 0.25) is 0 Å².